The van der Waals surface area contributed by atoms with Crippen LogP contribution in [0, 0.1) is 12.7 Å². The van der Waals surface area contributed by atoms with E-state index in [-0.39, 0.29) is 4.90 Å². The summed E-state index contributed by atoms with van der Waals surface area (Å²) >= 11 is 3.00. The molecule has 1 unspecified atom stereocenters. The SMILES string of the molecule is Cc1cc(F)ccc1S(=O)(=O)C(C)Br. The first-order chi connectivity index (χ1) is 6.35. The van der Waals surface area contributed by atoms with Crippen molar-refractivity contribution in [2.45, 2.75) is 22.9 Å². The Hall–Kier alpha value is -0.420. The second-order valence-corrected chi connectivity index (χ2v) is 7.21. The first kappa shape index (κ1) is 11.7. The van der Waals surface area contributed by atoms with E-state index in [1.807, 2.05) is 0 Å². The zero-order valence-corrected chi connectivity index (χ0v) is 10.2. The molecule has 0 aliphatic heterocycles. The third kappa shape index (κ3) is 2.15. The second kappa shape index (κ2) is 3.98. The van der Waals surface area contributed by atoms with Crippen molar-refractivity contribution in [2.75, 3.05) is 0 Å². The van der Waals surface area contributed by atoms with Gasteiger partial charge in [0.15, 0.2) is 9.84 Å². The molecule has 0 aromatic heterocycles. The van der Waals surface area contributed by atoms with Crippen LogP contribution < -0.4 is 0 Å². The van der Waals surface area contributed by atoms with Gasteiger partial charge in [-0.2, -0.15) is 0 Å². The Kier molecular flexibility index (Phi) is 3.32. The van der Waals surface area contributed by atoms with Gasteiger partial charge >= 0.3 is 0 Å². The molecular formula is C9H10BrFO2S. The average molecular weight is 281 g/mol. The third-order valence-electron chi connectivity index (χ3n) is 1.87. The van der Waals surface area contributed by atoms with Crippen molar-refractivity contribution < 1.29 is 12.8 Å². The molecule has 0 aliphatic carbocycles. The van der Waals surface area contributed by atoms with Gasteiger partial charge in [-0.3, -0.25) is 0 Å². The Morgan fingerprint density at radius 1 is 1.43 bits per heavy atom. The van der Waals surface area contributed by atoms with Crippen LogP contribution in [0.15, 0.2) is 23.1 Å². The van der Waals surface area contributed by atoms with E-state index < -0.39 is 19.8 Å². The predicted octanol–water partition coefficient (Wildman–Crippen LogP) is 2.65. The highest BCUT2D eigenvalue weighted by Gasteiger charge is 2.22. The lowest BCUT2D eigenvalue weighted by molar-refractivity contribution is 0.593. The molecule has 0 saturated heterocycles. The summed E-state index contributed by atoms with van der Waals surface area (Å²) in [5.74, 6) is -0.427. The van der Waals surface area contributed by atoms with Crippen molar-refractivity contribution in [3.63, 3.8) is 0 Å². The van der Waals surface area contributed by atoms with Gasteiger partial charge in [-0.1, -0.05) is 15.9 Å². The fraction of sp³-hybridized carbons (Fsp3) is 0.333. The van der Waals surface area contributed by atoms with Gasteiger partial charge in [-0.05, 0) is 37.6 Å². The summed E-state index contributed by atoms with van der Waals surface area (Å²) in [6.45, 7) is 3.10. The van der Waals surface area contributed by atoms with Crippen LogP contribution in [0.2, 0.25) is 0 Å². The third-order valence-corrected chi connectivity index (χ3v) is 5.27. The van der Waals surface area contributed by atoms with E-state index in [0.717, 1.165) is 6.07 Å². The molecule has 1 aromatic carbocycles. The Labute approximate surface area is 91.2 Å². The monoisotopic (exact) mass is 280 g/mol. The number of alkyl halides is 1. The molecule has 14 heavy (non-hydrogen) atoms. The van der Waals surface area contributed by atoms with Gasteiger partial charge in [0.05, 0.1) is 4.90 Å². The van der Waals surface area contributed by atoms with Crippen LogP contribution in [0.5, 0.6) is 0 Å². The van der Waals surface area contributed by atoms with Crippen LogP contribution in [-0.2, 0) is 9.84 Å². The summed E-state index contributed by atoms with van der Waals surface area (Å²) in [5, 5.41) is 0. The highest BCUT2D eigenvalue weighted by Crippen LogP contribution is 2.23. The van der Waals surface area contributed by atoms with Crippen LogP contribution in [0.4, 0.5) is 4.39 Å². The van der Waals surface area contributed by atoms with Gasteiger partial charge in [0.2, 0.25) is 0 Å². The topological polar surface area (TPSA) is 34.1 Å². The summed E-state index contributed by atoms with van der Waals surface area (Å²) in [5.41, 5.74) is 0.427. The molecule has 1 atom stereocenters. The van der Waals surface area contributed by atoms with E-state index in [0.29, 0.717) is 5.56 Å². The number of hydrogen-bond donors (Lipinski definition) is 0. The average Bonchev–Trinajstić information content (AvgIpc) is 2.02. The van der Waals surface area contributed by atoms with E-state index in [1.54, 1.807) is 6.92 Å². The van der Waals surface area contributed by atoms with Crippen LogP contribution in [0.25, 0.3) is 0 Å². The zero-order valence-electron chi connectivity index (χ0n) is 7.79. The number of aryl methyl sites for hydroxylation is 1. The molecule has 0 radical (unpaired) electrons. The highest BCUT2D eigenvalue weighted by atomic mass is 79.9. The van der Waals surface area contributed by atoms with Crippen molar-refractivity contribution in [1.29, 1.82) is 0 Å². The smallest absolute Gasteiger partial charge is 0.191 e. The van der Waals surface area contributed by atoms with Gasteiger partial charge < -0.3 is 0 Å². The maximum atomic E-state index is 12.7. The van der Waals surface area contributed by atoms with Crippen molar-refractivity contribution in [2.24, 2.45) is 0 Å². The second-order valence-electron chi connectivity index (χ2n) is 3.00. The number of sulfone groups is 1. The van der Waals surface area contributed by atoms with E-state index in [2.05, 4.69) is 15.9 Å². The Morgan fingerprint density at radius 3 is 2.43 bits per heavy atom. The number of rotatable bonds is 2. The minimum atomic E-state index is -3.37. The van der Waals surface area contributed by atoms with E-state index in [1.165, 1.54) is 19.1 Å². The maximum absolute atomic E-state index is 12.7. The molecule has 2 nitrogen and oxygen atoms in total. The minimum Gasteiger partial charge on any atom is -0.223 e. The number of halogens is 2. The summed E-state index contributed by atoms with van der Waals surface area (Å²) in [4.78, 5) is 0.170. The molecule has 78 valence electrons. The zero-order chi connectivity index (χ0) is 10.9. The molecule has 0 saturated carbocycles. The van der Waals surface area contributed by atoms with Crippen molar-refractivity contribution in [3.8, 4) is 0 Å². The standard InChI is InChI=1S/C9H10BrFO2S/c1-6-5-8(11)3-4-9(6)14(12,13)7(2)10/h3-5,7H,1-2H3. The van der Waals surface area contributed by atoms with Crippen LogP contribution in [0.3, 0.4) is 0 Å². The van der Waals surface area contributed by atoms with Gasteiger partial charge in [0.1, 0.15) is 9.98 Å². The van der Waals surface area contributed by atoms with Gasteiger partial charge in [-0.25, -0.2) is 12.8 Å². The predicted molar refractivity (Wildman–Crippen MR) is 56.7 cm³/mol. The van der Waals surface area contributed by atoms with Crippen molar-refractivity contribution in [1.82, 2.24) is 0 Å². The van der Waals surface area contributed by atoms with Crippen molar-refractivity contribution in [3.05, 3.63) is 29.6 Å². The summed E-state index contributed by atoms with van der Waals surface area (Å²) in [7, 11) is -3.37. The van der Waals surface area contributed by atoms with Crippen LogP contribution in [-0.4, -0.2) is 12.6 Å². The molecule has 5 heteroatoms. The maximum Gasteiger partial charge on any atom is 0.191 e. The van der Waals surface area contributed by atoms with Crippen LogP contribution >= 0.6 is 15.9 Å². The molecule has 0 heterocycles. The molecule has 1 rings (SSSR count). The molecule has 1 aromatic rings. The van der Waals surface area contributed by atoms with Gasteiger partial charge in [0, 0.05) is 0 Å². The largest absolute Gasteiger partial charge is 0.223 e. The summed E-state index contributed by atoms with van der Waals surface area (Å²) < 4.78 is 35.5. The van der Waals surface area contributed by atoms with Gasteiger partial charge in [0.25, 0.3) is 0 Å². The fourth-order valence-corrected chi connectivity index (χ4v) is 2.83. The first-order valence-corrected chi connectivity index (χ1v) is 6.46. The number of benzene rings is 1. The first-order valence-electron chi connectivity index (χ1n) is 4.00. The van der Waals surface area contributed by atoms with Crippen molar-refractivity contribution >= 4 is 25.8 Å². The lowest BCUT2D eigenvalue weighted by atomic mass is 10.2. The fourth-order valence-electron chi connectivity index (χ4n) is 1.11. The molecule has 0 amide bonds. The Balaban J connectivity index is 3.35. The van der Waals surface area contributed by atoms with Crippen LogP contribution in [0.1, 0.15) is 12.5 Å². The summed E-state index contributed by atoms with van der Waals surface area (Å²) in [6.07, 6.45) is 0. The normalized spacial score (nSPS) is 14.0. The quantitative estimate of drug-likeness (QED) is 0.617. The molecular weight excluding hydrogens is 271 g/mol. The highest BCUT2D eigenvalue weighted by molar-refractivity contribution is 9.11. The van der Waals surface area contributed by atoms with E-state index >= 15 is 0 Å². The minimum absolute atomic E-state index is 0.170. The molecule has 0 fully saturated rings. The number of hydrogen-bond acceptors (Lipinski definition) is 2. The molecule has 0 N–H and O–H groups in total. The molecule has 0 bridgehead atoms. The molecule has 0 spiro atoms. The van der Waals surface area contributed by atoms with E-state index in [9.17, 15) is 12.8 Å². The Bertz CT molecular complexity index is 440. The Morgan fingerprint density at radius 2 is 2.00 bits per heavy atom. The summed E-state index contributed by atoms with van der Waals surface area (Å²) in [6, 6.07) is 3.65. The van der Waals surface area contributed by atoms with E-state index in [4.69, 9.17) is 0 Å². The lowest BCUT2D eigenvalue weighted by Crippen LogP contribution is -2.12. The van der Waals surface area contributed by atoms with Gasteiger partial charge in [-0.15, -0.1) is 0 Å². The molecule has 0 aliphatic rings. The lowest BCUT2D eigenvalue weighted by Gasteiger charge is -2.09.